The molecular weight excluding hydrogens is 348 g/mol. The van der Waals surface area contributed by atoms with Crippen LogP contribution in [0.15, 0.2) is 60.8 Å². The molecule has 0 bridgehead atoms. The molecule has 5 heteroatoms. The number of aromatic nitrogens is 2. The average Bonchev–Trinajstić information content (AvgIpc) is 3.26. The highest BCUT2D eigenvalue weighted by Gasteiger charge is 2.28. The molecule has 2 aromatic carbocycles. The Balaban J connectivity index is 1.45. The molecule has 3 aromatic rings. The molecule has 1 saturated heterocycles. The summed E-state index contributed by atoms with van der Waals surface area (Å²) in [5.74, 6) is 0.911. The number of rotatable bonds is 6. The lowest BCUT2D eigenvalue weighted by Crippen LogP contribution is -2.47. The molecule has 1 fully saturated rings. The number of nitrogens with one attached hydrogen (secondary N) is 1. The normalized spacial score (nSPS) is 16.8. The van der Waals surface area contributed by atoms with Gasteiger partial charge in [0.25, 0.3) is 0 Å². The molecule has 1 aromatic heterocycles. The van der Waals surface area contributed by atoms with Gasteiger partial charge in [0.2, 0.25) is 0 Å². The zero-order valence-electron chi connectivity index (χ0n) is 16.6. The van der Waals surface area contributed by atoms with Gasteiger partial charge in [0.05, 0.1) is 18.8 Å². The molecule has 1 N–H and O–H groups in total. The minimum atomic E-state index is 0.229. The largest absolute Gasteiger partial charge is 0.497 e. The van der Waals surface area contributed by atoms with Gasteiger partial charge in [-0.15, -0.1) is 0 Å². The fourth-order valence-corrected chi connectivity index (χ4v) is 4.04. The summed E-state index contributed by atoms with van der Waals surface area (Å²) < 4.78 is 5.26. The van der Waals surface area contributed by atoms with Crippen LogP contribution in [-0.2, 0) is 6.54 Å². The number of H-pyrrole nitrogens is 1. The van der Waals surface area contributed by atoms with Crippen molar-refractivity contribution in [2.75, 3.05) is 33.3 Å². The van der Waals surface area contributed by atoms with Crippen LogP contribution in [0.25, 0.3) is 0 Å². The number of nitrogens with zero attached hydrogens (tertiary/aromatic N) is 3. The second-order valence-corrected chi connectivity index (χ2v) is 7.43. The van der Waals surface area contributed by atoms with Crippen LogP contribution in [0.1, 0.15) is 28.4 Å². The van der Waals surface area contributed by atoms with Gasteiger partial charge < -0.3 is 4.74 Å². The first-order chi connectivity index (χ1) is 13.7. The highest BCUT2D eigenvalue weighted by atomic mass is 16.5. The maximum atomic E-state index is 5.26. The van der Waals surface area contributed by atoms with Crippen LogP contribution in [0.2, 0.25) is 0 Å². The molecule has 1 aliphatic rings. The Kier molecular flexibility index (Phi) is 5.74. The quantitative estimate of drug-likeness (QED) is 0.713. The summed E-state index contributed by atoms with van der Waals surface area (Å²) >= 11 is 0. The summed E-state index contributed by atoms with van der Waals surface area (Å²) in [4.78, 5) is 5.10. The lowest BCUT2D eigenvalue weighted by molar-refractivity contribution is 0.103. The highest BCUT2D eigenvalue weighted by Crippen LogP contribution is 2.30. The van der Waals surface area contributed by atoms with Gasteiger partial charge >= 0.3 is 0 Å². The van der Waals surface area contributed by atoms with Crippen LogP contribution >= 0.6 is 0 Å². The summed E-state index contributed by atoms with van der Waals surface area (Å²) in [5, 5.41) is 7.41. The van der Waals surface area contributed by atoms with Crippen molar-refractivity contribution in [3.8, 4) is 5.75 Å². The van der Waals surface area contributed by atoms with Crippen LogP contribution in [-0.4, -0.2) is 53.3 Å². The van der Waals surface area contributed by atoms with Crippen molar-refractivity contribution in [1.29, 1.82) is 0 Å². The van der Waals surface area contributed by atoms with Crippen molar-refractivity contribution in [1.82, 2.24) is 20.0 Å². The number of aryl methyl sites for hydroxylation is 1. The molecule has 0 aliphatic carbocycles. The molecule has 5 nitrogen and oxygen atoms in total. The third kappa shape index (κ3) is 4.11. The smallest absolute Gasteiger partial charge is 0.118 e. The van der Waals surface area contributed by atoms with E-state index in [2.05, 4.69) is 69.4 Å². The third-order valence-corrected chi connectivity index (χ3v) is 5.64. The maximum Gasteiger partial charge on any atom is 0.118 e. The number of aromatic amines is 1. The van der Waals surface area contributed by atoms with E-state index in [0.29, 0.717) is 0 Å². The average molecular weight is 377 g/mol. The number of methoxy groups -OCH3 is 1. The van der Waals surface area contributed by atoms with Gasteiger partial charge in [-0.2, -0.15) is 5.10 Å². The first kappa shape index (κ1) is 18.7. The molecule has 0 saturated carbocycles. The zero-order chi connectivity index (χ0) is 19.3. The Labute approximate surface area is 166 Å². The zero-order valence-corrected chi connectivity index (χ0v) is 16.6. The van der Waals surface area contributed by atoms with Gasteiger partial charge in [-0.3, -0.25) is 14.9 Å². The van der Waals surface area contributed by atoms with E-state index in [1.807, 2.05) is 18.3 Å². The minimum Gasteiger partial charge on any atom is -0.497 e. The summed E-state index contributed by atoms with van der Waals surface area (Å²) in [6.45, 7) is 7.36. The predicted molar refractivity (Wildman–Crippen MR) is 111 cm³/mol. The topological polar surface area (TPSA) is 44.4 Å². The van der Waals surface area contributed by atoms with Crippen molar-refractivity contribution in [2.45, 2.75) is 19.5 Å². The van der Waals surface area contributed by atoms with Crippen molar-refractivity contribution in [3.05, 3.63) is 83.2 Å². The van der Waals surface area contributed by atoms with Gasteiger partial charge in [-0.25, -0.2) is 0 Å². The lowest BCUT2D eigenvalue weighted by atomic mass is 9.96. The summed E-state index contributed by atoms with van der Waals surface area (Å²) in [5.41, 5.74) is 5.18. The summed E-state index contributed by atoms with van der Waals surface area (Å²) in [7, 11) is 1.71. The number of hydrogen-bond acceptors (Lipinski definition) is 4. The fourth-order valence-electron chi connectivity index (χ4n) is 4.04. The van der Waals surface area contributed by atoms with Gasteiger partial charge in [0.1, 0.15) is 5.75 Å². The molecule has 2 heterocycles. The maximum absolute atomic E-state index is 5.26. The van der Waals surface area contributed by atoms with Gasteiger partial charge in [-0.1, -0.05) is 36.4 Å². The van der Waals surface area contributed by atoms with E-state index in [1.54, 1.807) is 7.11 Å². The van der Waals surface area contributed by atoms with Crippen molar-refractivity contribution in [2.24, 2.45) is 0 Å². The van der Waals surface area contributed by atoms with Crippen LogP contribution < -0.4 is 4.74 Å². The Bertz CT molecular complexity index is 868. The van der Waals surface area contributed by atoms with E-state index in [4.69, 9.17) is 4.74 Å². The molecule has 1 atom stereocenters. The van der Waals surface area contributed by atoms with E-state index in [9.17, 15) is 0 Å². The van der Waals surface area contributed by atoms with E-state index in [1.165, 1.54) is 16.7 Å². The van der Waals surface area contributed by atoms with E-state index >= 15 is 0 Å². The van der Waals surface area contributed by atoms with Crippen LogP contribution in [0.4, 0.5) is 0 Å². The van der Waals surface area contributed by atoms with Crippen molar-refractivity contribution in [3.63, 3.8) is 0 Å². The SMILES string of the molecule is COc1ccc(CN2CCN(C(c3ccn[nH]3)c3ccccc3C)CC2)cc1. The van der Waals surface area contributed by atoms with Gasteiger partial charge in [0, 0.05) is 38.9 Å². The molecule has 1 aliphatic heterocycles. The second kappa shape index (κ2) is 8.59. The Morgan fingerprint density at radius 2 is 1.75 bits per heavy atom. The van der Waals surface area contributed by atoms with E-state index in [0.717, 1.165) is 44.2 Å². The van der Waals surface area contributed by atoms with Crippen LogP contribution in [0.3, 0.4) is 0 Å². The summed E-state index contributed by atoms with van der Waals surface area (Å²) in [6.07, 6.45) is 1.85. The summed E-state index contributed by atoms with van der Waals surface area (Å²) in [6, 6.07) is 19.4. The minimum absolute atomic E-state index is 0.229. The molecule has 0 amide bonds. The molecule has 4 rings (SSSR count). The van der Waals surface area contributed by atoms with E-state index in [-0.39, 0.29) is 6.04 Å². The molecule has 146 valence electrons. The fraction of sp³-hybridized carbons (Fsp3) is 0.348. The lowest BCUT2D eigenvalue weighted by Gasteiger charge is -2.39. The highest BCUT2D eigenvalue weighted by molar-refractivity contribution is 5.34. The molecule has 1 unspecified atom stereocenters. The molecule has 28 heavy (non-hydrogen) atoms. The van der Waals surface area contributed by atoms with Gasteiger partial charge in [0.15, 0.2) is 0 Å². The Morgan fingerprint density at radius 3 is 2.39 bits per heavy atom. The molecule has 0 radical (unpaired) electrons. The second-order valence-electron chi connectivity index (χ2n) is 7.43. The van der Waals surface area contributed by atoms with Crippen LogP contribution in [0.5, 0.6) is 5.75 Å². The number of ether oxygens (including phenoxy) is 1. The van der Waals surface area contributed by atoms with Gasteiger partial charge in [-0.05, 0) is 41.8 Å². The predicted octanol–water partition coefficient (Wildman–Crippen LogP) is 3.63. The van der Waals surface area contributed by atoms with Crippen molar-refractivity contribution < 1.29 is 4.74 Å². The molecular formula is C23H28N4O. The number of hydrogen-bond donors (Lipinski definition) is 1. The standard InChI is InChI=1S/C23H28N4O/c1-18-5-3-4-6-21(18)23(22-11-12-24-25-22)27-15-13-26(14-16-27)17-19-7-9-20(28-2)10-8-19/h3-12,23H,13-17H2,1-2H3,(H,24,25). The monoisotopic (exact) mass is 376 g/mol. The number of benzene rings is 2. The van der Waals surface area contributed by atoms with Crippen molar-refractivity contribution >= 4 is 0 Å². The number of piperazine rings is 1. The first-order valence-corrected chi connectivity index (χ1v) is 9.89. The third-order valence-electron chi connectivity index (χ3n) is 5.64. The van der Waals surface area contributed by atoms with E-state index < -0.39 is 0 Å². The Hall–Kier alpha value is -2.63. The van der Waals surface area contributed by atoms with Crippen LogP contribution in [0, 0.1) is 6.92 Å². The Morgan fingerprint density at radius 1 is 1.00 bits per heavy atom. The first-order valence-electron chi connectivity index (χ1n) is 9.89. The molecule has 0 spiro atoms.